The summed E-state index contributed by atoms with van der Waals surface area (Å²) in [4.78, 5) is 48.9. The first-order chi connectivity index (χ1) is 20.9. The molecule has 0 unspecified atom stereocenters. The summed E-state index contributed by atoms with van der Waals surface area (Å²) in [6.45, 7) is -0.0500. The van der Waals surface area contributed by atoms with Crippen LogP contribution in [0.2, 0.25) is 0 Å². The lowest BCUT2D eigenvalue weighted by Crippen LogP contribution is -2.49. The van der Waals surface area contributed by atoms with Crippen LogP contribution >= 0.6 is 0 Å². The van der Waals surface area contributed by atoms with Gasteiger partial charge in [0.1, 0.15) is 24.2 Å². The van der Waals surface area contributed by atoms with Crippen molar-refractivity contribution in [2.24, 2.45) is 0 Å². The monoisotopic (exact) mass is 575 g/mol. The third-order valence-electron chi connectivity index (χ3n) is 7.20. The zero-order chi connectivity index (χ0) is 29.8. The second-order valence-electron chi connectivity index (χ2n) is 10.3. The van der Waals surface area contributed by atoms with E-state index in [1.54, 1.807) is 19.3 Å². The van der Waals surface area contributed by atoms with Crippen molar-refractivity contribution >= 4 is 40.0 Å². The van der Waals surface area contributed by atoms with Crippen molar-refractivity contribution in [2.45, 2.75) is 25.3 Å². The van der Waals surface area contributed by atoms with Gasteiger partial charge in [-0.25, -0.2) is 4.98 Å². The number of nitrogens with one attached hydrogen (secondary N) is 3. The molecule has 0 aliphatic carbocycles. The van der Waals surface area contributed by atoms with Crippen molar-refractivity contribution in [3.63, 3.8) is 0 Å². The fourth-order valence-electron chi connectivity index (χ4n) is 4.92. The number of rotatable bonds is 8. The Morgan fingerprint density at radius 1 is 1.02 bits per heavy atom. The summed E-state index contributed by atoms with van der Waals surface area (Å²) in [5, 5.41) is 13.4. The third-order valence-corrected chi connectivity index (χ3v) is 7.20. The summed E-state index contributed by atoms with van der Waals surface area (Å²) >= 11 is 0. The molecule has 5 aromatic rings. The Kier molecular flexibility index (Phi) is 7.77. The quantitative estimate of drug-likeness (QED) is 0.256. The first-order valence-corrected chi connectivity index (χ1v) is 13.9. The van der Waals surface area contributed by atoms with E-state index in [1.807, 2.05) is 72.8 Å². The zero-order valence-corrected chi connectivity index (χ0v) is 23.4. The molecule has 0 radical (unpaired) electrons. The van der Waals surface area contributed by atoms with E-state index in [0.29, 0.717) is 35.8 Å². The van der Waals surface area contributed by atoms with Crippen LogP contribution in [-0.2, 0) is 22.4 Å². The third kappa shape index (κ3) is 6.35. The number of nitrogens with zero attached hydrogens (tertiary/aromatic N) is 4. The summed E-state index contributed by atoms with van der Waals surface area (Å²) < 4.78 is 5.91. The molecule has 0 saturated carbocycles. The highest BCUT2D eigenvalue weighted by Gasteiger charge is 2.31. The van der Waals surface area contributed by atoms with Crippen molar-refractivity contribution < 1.29 is 19.1 Å². The normalized spacial score (nSPS) is 14.5. The SMILES string of the molecule is CN1C(=O)[C@H](NC(=O)c2n[nH]c(Cc3ccccc3)n2)COc2ccc(CCC(=O)Nc3ccc4cccnc4c3)cc21. The summed E-state index contributed by atoms with van der Waals surface area (Å²) in [5.41, 5.74) is 3.94. The van der Waals surface area contributed by atoms with E-state index in [-0.39, 0.29) is 30.7 Å². The van der Waals surface area contributed by atoms with Gasteiger partial charge >= 0.3 is 0 Å². The summed E-state index contributed by atoms with van der Waals surface area (Å²) in [6, 6.07) is 23.7. The minimum atomic E-state index is -0.938. The van der Waals surface area contributed by atoms with E-state index in [1.165, 1.54) is 4.90 Å². The van der Waals surface area contributed by atoms with E-state index < -0.39 is 11.9 Å². The van der Waals surface area contributed by atoms with Crippen LogP contribution in [0.1, 0.15) is 34.0 Å². The number of carbonyl (C=O) groups excluding carboxylic acids is 3. The fraction of sp³-hybridized carbons (Fsp3) is 0.188. The summed E-state index contributed by atoms with van der Waals surface area (Å²) in [5.74, 6) is -0.0544. The Morgan fingerprint density at radius 3 is 2.74 bits per heavy atom. The molecule has 1 atom stereocenters. The Bertz CT molecular complexity index is 1800. The van der Waals surface area contributed by atoms with Crippen molar-refractivity contribution in [3.05, 3.63) is 108 Å². The van der Waals surface area contributed by atoms with Gasteiger partial charge in [0.05, 0.1) is 11.2 Å². The Hall–Kier alpha value is -5.58. The standard InChI is InChI=1S/C32H29N7O4/c1-39-26-16-21(10-14-29(40)34-23-12-11-22-8-5-15-33-24(22)18-23)9-13-27(26)43-19-25(32(39)42)35-31(41)30-36-28(37-38-30)17-20-6-3-2-4-7-20/h2-9,11-13,15-16,18,25H,10,14,17,19H2,1H3,(H,34,40)(H,35,41)(H,36,37,38)/t25-/m1/s1. The molecule has 11 nitrogen and oxygen atoms in total. The summed E-state index contributed by atoms with van der Waals surface area (Å²) in [6.07, 6.45) is 2.92. The van der Waals surface area contributed by atoms with Crippen molar-refractivity contribution in [1.82, 2.24) is 25.5 Å². The number of pyridine rings is 1. The second-order valence-corrected chi connectivity index (χ2v) is 10.3. The van der Waals surface area contributed by atoms with Crippen LogP contribution in [0.25, 0.3) is 10.9 Å². The molecule has 0 bridgehead atoms. The van der Waals surface area contributed by atoms with E-state index in [4.69, 9.17) is 4.74 Å². The van der Waals surface area contributed by atoms with E-state index in [9.17, 15) is 14.4 Å². The minimum absolute atomic E-state index is 0.0500. The average molecular weight is 576 g/mol. The van der Waals surface area contributed by atoms with Gasteiger partial charge in [-0.3, -0.25) is 24.5 Å². The van der Waals surface area contributed by atoms with Gasteiger partial charge in [-0.1, -0.05) is 48.5 Å². The molecule has 6 rings (SSSR count). The number of ether oxygens (including phenoxy) is 1. The van der Waals surface area contributed by atoms with Gasteiger partial charge in [0.25, 0.3) is 11.8 Å². The lowest BCUT2D eigenvalue weighted by atomic mass is 10.1. The highest BCUT2D eigenvalue weighted by atomic mass is 16.5. The predicted octanol–water partition coefficient (Wildman–Crippen LogP) is 3.67. The maximum absolute atomic E-state index is 13.3. The molecule has 3 heterocycles. The molecular formula is C32H29N7O4. The van der Waals surface area contributed by atoms with Crippen LogP contribution < -0.4 is 20.3 Å². The van der Waals surface area contributed by atoms with Crippen LogP contribution in [0.3, 0.4) is 0 Å². The molecule has 0 spiro atoms. The van der Waals surface area contributed by atoms with E-state index >= 15 is 0 Å². The number of likely N-dealkylation sites (N-methyl/N-ethyl adjacent to an activating group) is 1. The number of benzene rings is 3. The van der Waals surface area contributed by atoms with Crippen molar-refractivity contribution in [1.29, 1.82) is 0 Å². The first-order valence-electron chi connectivity index (χ1n) is 13.9. The van der Waals surface area contributed by atoms with Gasteiger partial charge < -0.3 is 20.3 Å². The number of aryl methyl sites for hydroxylation is 1. The molecule has 1 aliphatic heterocycles. The molecule has 3 amide bonds. The van der Waals surface area contributed by atoms with Crippen LogP contribution in [-0.4, -0.2) is 57.6 Å². The molecular weight excluding hydrogens is 546 g/mol. The Balaban J connectivity index is 1.06. The smallest absolute Gasteiger partial charge is 0.291 e. The average Bonchev–Trinajstić information content (AvgIpc) is 3.46. The van der Waals surface area contributed by atoms with Gasteiger partial charge in [0.2, 0.25) is 11.7 Å². The Labute approximate surface area is 247 Å². The first kappa shape index (κ1) is 27.6. The topological polar surface area (TPSA) is 142 Å². The second kappa shape index (κ2) is 12.1. The molecule has 216 valence electrons. The van der Waals surface area contributed by atoms with Crippen LogP contribution in [0.5, 0.6) is 5.75 Å². The van der Waals surface area contributed by atoms with Crippen LogP contribution in [0.15, 0.2) is 85.1 Å². The number of fused-ring (bicyclic) bond motifs is 2. The lowest BCUT2D eigenvalue weighted by Gasteiger charge is -2.20. The number of anilines is 2. The van der Waals surface area contributed by atoms with E-state index in [2.05, 4.69) is 30.8 Å². The summed E-state index contributed by atoms with van der Waals surface area (Å²) in [7, 11) is 1.63. The largest absolute Gasteiger partial charge is 0.489 e. The molecule has 3 N–H and O–H groups in total. The van der Waals surface area contributed by atoms with Crippen LogP contribution in [0.4, 0.5) is 11.4 Å². The zero-order valence-electron chi connectivity index (χ0n) is 23.4. The van der Waals surface area contributed by atoms with Crippen LogP contribution in [0, 0.1) is 0 Å². The number of hydrogen-bond acceptors (Lipinski definition) is 7. The fourth-order valence-corrected chi connectivity index (χ4v) is 4.92. The molecule has 2 aromatic heterocycles. The molecule has 11 heteroatoms. The number of H-pyrrole nitrogens is 1. The van der Waals surface area contributed by atoms with Crippen molar-refractivity contribution in [3.8, 4) is 5.75 Å². The maximum Gasteiger partial charge on any atom is 0.291 e. The number of aromatic amines is 1. The van der Waals surface area contributed by atoms with E-state index in [0.717, 1.165) is 22.0 Å². The highest BCUT2D eigenvalue weighted by Crippen LogP contribution is 2.32. The van der Waals surface area contributed by atoms with Gasteiger partial charge in [-0.05, 0) is 47.9 Å². The maximum atomic E-state index is 13.3. The van der Waals surface area contributed by atoms with Gasteiger partial charge in [-0.2, -0.15) is 0 Å². The molecule has 43 heavy (non-hydrogen) atoms. The number of aromatic nitrogens is 4. The number of carbonyl (C=O) groups is 3. The molecule has 0 fully saturated rings. The van der Waals surface area contributed by atoms with Gasteiger partial charge in [0, 0.05) is 37.2 Å². The molecule has 1 aliphatic rings. The minimum Gasteiger partial charge on any atom is -0.489 e. The number of hydrogen-bond donors (Lipinski definition) is 3. The predicted molar refractivity (Wildman–Crippen MR) is 161 cm³/mol. The van der Waals surface area contributed by atoms with Gasteiger partial charge in [0.15, 0.2) is 0 Å². The van der Waals surface area contributed by atoms with Gasteiger partial charge in [-0.15, -0.1) is 5.10 Å². The molecule has 3 aromatic carbocycles. The van der Waals surface area contributed by atoms with Crippen molar-refractivity contribution in [2.75, 3.05) is 23.9 Å². The lowest BCUT2D eigenvalue weighted by molar-refractivity contribution is -0.120. The highest BCUT2D eigenvalue weighted by molar-refractivity contribution is 6.02. The molecule has 0 saturated heterocycles. The Morgan fingerprint density at radius 2 is 1.88 bits per heavy atom. The number of amides is 3.